The number of methoxy groups -OCH3 is 1. The van der Waals surface area contributed by atoms with Crippen LogP contribution in [0.5, 0.6) is 0 Å². The van der Waals surface area contributed by atoms with E-state index in [4.69, 9.17) is 11.6 Å². The Kier molecular flexibility index (Phi) is 2.40. The molecular formula is C7H12ClNO2. The summed E-state index contributed by atoms with van der Waals surface area (Å²) in [5, 5.41) is 3.07. The second-order valence-electron chi connectivity index (χ2n) is 3.01. The van der Waals surface area contributed by atoms with Gasteiger partial charge in [-0.25, -0.2) is 0 Å². The maximum Gasteiger partial charge on any atom is 0.325 e. The number of carbonyl (C=O) groups excluding carboxylic acids is 1. The van der Waals surface area contributed by atoms with Gasteiger partial charge in [0.05, 0.1) is 7.11 Å². The van der Waals surface area contributed by atoms with Gasteiger partial charge in [-0.2, -0.15) is 0 Å². The zero-order valence-electron chi connectivity index (χ0n) is 6.69. The highest BCUT2D eigenvalue weighted by Crippen LogP contribution is 2.23. The quantitative estimate of drug-likeness (QED) is 0.469. The van der Waals surface area contributed by atoms with Crippen LogP contribution in [-0.4, -0.2) is 30.5 Å². The van der Waals surface area contributed by atoms with Crippen LogP contribution in [0.1, 0.15) is 13.3 Å². The SMILES string of the molecule is COC(=O)[C@@]1(C)C[C@@H](Cl)CN1. The van der Waals surface area contributed by atoms with Crippen LogP contribution < -0.4 is 5.32 Å². The Balaban J connectivity index is 2.61. The van der Waals surface area contributed by atoms with E-state index in [-0.39, 0.29) is 11.3 Å². The van der Waals surface area contributed by atoms with Crippen LogP contribution in [0.3, 0.4) is 0 Å². The lowest BCUT2D eigenvalue weighted by Gasteiger charge is -2.20. The van der Waals surface area contributed by atoms with Crippen molar-refractivity contribution in [3.05, 3.63) is 0 Å². The van der Waals surface area contributed by atoms with Gasteiger partial charge in [-0.3, -0.25) is 4.79 Å². The Hall–Kier alpha value is -0.280. The molecule has 0 aromatic carbocycles. The van der Waals surface area contributed by atoms with Crippen molar-refractivity contribution in [2.75, 3.05) is 13.7 Å². The summed E-state index contributed by atoms with van der Waals surface area (Å²) in [5.74, 6) is -0.236. The fraction of sp³-hybridized carbons (Fsp3) is 0.857. The van der Waals surface area contributed by atoms with E-state index in [0.717, 1.165) is 0 Å². The zero-order chi connectivity index (χ0) is 8.48. The summed E-state index contributed by atoms with van der Waals surface area (Å²) in [6.45, 7) is 2.48. The molecule has 2 atom stereocenters. The summed E-state index contributed by atoms with van der Waals surface area (Å²) in [6.07, 6.45) is 0.640. The molecule has 64 valence electrons. The van der Waals surface area contributed by atoms with Crippen LogP contribution in [0.2, 0.25) is 0 Å². The molecule has 1 aliphatic rings. The Morgan fingerprint density at radius 3 is 2.82 bits per heavy atom. The minimum Gasteiger partial charge on any atom is -0.468 e. The van der Waals surface area contributed by atoms with Crippen molar-refractivity contribution < 1.29 is 9.53 Å². The average molecular weight is 178 g/mol. The molecule has 3 nitrogen and oxygen atoms in total. The first-order chi connectivity index (χ1) is 5.08. The highest BCUT2D eigenvalue weighted by molar-refractivity contribution is 6.21. The topological polar surface area (TPSA) is 38.3 Å². The van der Waals surface area contributed by atoms with Crippen molar-refractivity contribution in [2.45, 2.75) is 24.3 Å². The Labute approximate surface area is 71.1 Å². The predicted molar refractivity (Wildman–Crippen MR) is 42.7 cm³/mol. The third-order valence-corrected chi connectivity index (χ3v) is 2.29. The molecule has 0 aromatic rings. The number of carbonyl (C=O) groups is 1. The van der Waals surface area contributed by atoms with Crippen LogP contribution in [0, 0.1) is 0 Å². The minimum atomic E-state index is -0.568. The number of nitrogens with one attached hydrogen (secondary N) is 1. The van der Waals surface area contributed by atoms with Crippen molar-refractivity contribution in [1.29, 1.82) is 0 Å². The number of hydrogen-bond acceptors (Lipinski definition) is 3. The van der Waals surface area contributed by atoms with Crippen LogP contribution in [0.4, 0.5) is 0 Å². The molecule has 0 radical (unpaired) electrons. The first-order valence-electron chi connectivity index (χ1n) is 3.56. The van der Waals surface area contributed by atoms with Crippen LogP contribution in [0.25, 0.3) is 0 Å². The molecule has 0 saturated carbocycles. The third kappa shape index (κ3) is 1.65. The smallest absolute Gasteiger partial charge is 0.325 e. The van der Waals surface area contributed by atoms with E-state index in [9.17, 15) is 4.79 Å². The normalized spacial score (nSPS) is 37.2. The molecule has 11 heavy (non-hydrogen) atoms. The van der Waals surface area contributed by atoms with Crippen molar-refractivity contribution in [1.82, 2.24) is 5.32 Å². The zero-order valence-corrected chi connectivity index (χ0v) is 7.44. The molecule has 0 aromatic heterocycles. The van der Waals surface area contributed by atoms with E-state index in [1.165, 1.54) is 7.11 Å². The Morgan fingerprint density at radius 2 is 2.45 bits per heavy atom. The molecule has 1 rings (SSSR count). The molecule has 0 bridgehead atoms. The maximum absolute atomic E-state index is 11.1. The molecule has 0 amide bonds. The van der Waals surface area contributed by atoms with Gasteiger partial charge in [0.2, 0.25) is 0 Å². The monoisotopic (exact) mass is 177 g/mol. The lowest BCUT2D eigenvalue weighted by Crippen LogP contribution is -2.45. The summed E-state index contributed by atoms with van der Waals surface area (Å²) in [7, 11) is 1.39. The first kappa shape index (κ1) is 8.81. The van der Waals surface area contributed by atoms with Crippen LogP contribution >= 0.6 is 11.6 Å². The molecular weight excluding hydrogens is 166 g/mol. The van der Waals surface area contributed by atoms with Crippen molar-refractivity contribution >= 4 is 17.6 Å². The molecule has 1 N–H and O–H groups in total. The molecule has 0 aliphatic carbocycles. The molecule has 0 spiro atoms. The number of rotatable bonds is 1. The van der Waals surface area contributed by atoms with Crippen molar-refractivity contribution in [3.63, 3.8) is 0 Å². The van der Waals surface area contributed by atoms with Gasteiger partial charge in [0.1, 0.15) is 5.54 Å². The fourth-order valence-electron chi connectivity index (χ4n) is 1.30. The number of ether oxygens (including phenoxy) is 1. The highest BCUT2D eigenvalue weighted by atomic mass is 35.5. The van der Waals surface area contributed by atoms with Crippen LogP contribution in [-0.2, 0) is 9.53 Å². The van der Waals surface area contributed by atoms with Gasteiger partial charge in [-0.1, -0.05) is 0 Å². The van der Waals surface area contributed by atoms with Gasteiger partial charge in [0, 0.05) is 11.9 Å². The Bertz CT molecular complexity index is 174. The first-order valence-corrected chi connectivity index (χ1v) is 3.99. The van der Waals surface area contributed by atoms with Crippen molar-refractivity contribution in [3.8, 4) is 0 Å². The molecule has 1 saturated heterocycles. The number of hydrogen-bond donors (Lipinski definition) is 1. The van der Waals surface area contributed by atoms with Gasteiger partial charge >= 0.3 is 5.97 Å². The summed E-state index contributed by atoms with van der Waals surface area (Å²) >= 11 is 5.83. The second-order valence-corrected chi connectivity index (χ2v) is 3.62. The molecule has 4 heteroatoms. The predicted octanol–water partition coefficient (Wildman–Crippen LogP) is 0.519. The van der Waals surface area contributed by atoms with E-state index in [1.54, 1.807) is 6.92 Å². The van der Waals surface area contributed by atoms with E-state index < -0.39 is 5.54 Å². The molecule has 1 heterocycles. The summed E-state index contributed by atoms with van der Waals surface area (Å²) in [5.41, 5.74) is -0.568. The lowest BCUT2D eigenvalue weighted by atomic mass is 10.0. The van der Waals surface area contributed by atoms with Gasteiger partial charge in [-0.15, -0.1) is 11.6 Å². The van der Waals surface area contributed by atoms with Gasteiger partial charge in [0.15, 0.2) is 0 Å². The third-order valence-electron chi connectivity index (χ3n) is 1.98. The summed E-state index contributed by atoms with van der Waals surface area (Å²) in [4.78, 5) is 11.1. The van der Waals surface area contributed by atoms with E-state index in [2.05, 4.69) is 10.1 Å². The largest absolute Gasteiger partial charge is 0.468 e. The molecule has 1 fully saturated rings. The van der Waals surface area contributed by atoms with E-state index in [0.29, 0.717) is 13.0 Å². The maximum atomic E-state index is 11.1. The summed E-state index contributed by atoms with van der Waals surface area (Å²) in [6, 6.07) is 0. The van der Waals surface area contributed by atoms with Gasteiger partial charge in [-0.05, 0) is 13.3 Å². The highest BCUT2D eigenvalue weighted by Gasteiger charge is 2.41. The van der Waals surface area contributed by atoms with E-state index in [1.807, 2.05) is 0 Å². The molecule has 0 unspecified atom stereocenters. The number of alkyl halides is 1. The average Bonchev–Trinajstić information content (AvgIpc) is 2.31. The van der Waals surface area contributed by atoms with Crippen molar-refractivity contribution in [2.24, 2.45) is 0 Å². The van der Waals surface area contributed by atoms with Crippen LogP contribution in [0.15, 0.2) is 0 Å². The number of halogens is 1. The standard InChI is InChI=1S/C7H12ClNO2/c1-7(6(10)11-2)3-5(8)4-9-7/h5,9H,3-4H2,1-2H3/t5-,7-/m1/s1. The lowest BCUT2D eigenvalue weighted by molar-refractivity contribution is -0.147. The summed E-state index contributed by atoms with van der Waals surface area (Å²) < 4.78 is 4.63. The second kappa shape index (κ2) is 2.99. The fourth-order valence-corrected chi connectivity index (χ4v) is 1.69. The van der Waals surface area contributed by atoms with Gasteiger partial charge < -0.3 is 10.1 Å². The van der Waals surface area contributed by atoms with E-state index >= 15 is 0 Å². The minimum absolute atomic E-state index is 0.0408. The molecule has 1 aliphatic heterocycles. The number of esters is 1. The van der Waals surface area contributed by atoms with Gasteiger partial charge in [0.25, 0.3) is 0 Å². The Morgan fingerprint density at radius 1 is 1.82 bits per heavy atom.